The van der Waals surface area contributed by atoms with Gasteiger partial charge in [0.25, 0.3) is 11.8 Å². The number of ether oxygens (including phenoxy) is 2. The maximum atomic E-state index is 12.5. The molecule has 0 aliphatic rings. The lowest BCUT2D eigenvalue weighted by Crippen LogP contribution is -2.13. The third kappa shape index (κ3) is 3.65. The van der Waals surface area contributed by atoms with E-state index in [1.54, 1.807) is 37.4 Å². The van der Waals surface area contributed by atoms with E-state index in [2.05, 4.69) is 15.5 Å². The van der Waals surface area contributed by atoms with Crippen LogP contribution in [0.25, 0.3) is 11.5 Å². The second kappa shape index (κ2) is 7.92. The molecule has 0 radical (unpaired) electrons. The largest absolute Gasteiger partial charge is 0.497 e. The molecule has 7 nitrogen and oxygen atoms in total. The Bertz CT molecular complexity index is 926. The second-order valence-corrected chi connectivity index (χ2v) is 5.98. The van der Waals surface area contributed by atoms with Crippen LogP contribution in [0.2, 0.25) is 0 Å². The summed E-state index contributed by atoms with van der Waals surface area (Å²) in [4.78, 5) is 13.3. The van der Waals surface area contributed by atoms with Crippen LogP contribution >= 0.6 is 11.8 Å². The van der Waals surface area contributed by atoms with Crippen LogP contribution in [0.5, 0.6) is 11.5 Å². The molecule has 8 heteroatoms. The number of amides is 1. The number of aromatic nitrogens is 2. The molecule has 1 N–H and O–H groups in total. The third-order valence-electron chi connectivity index (χ3n) is 3.64. The van der Waals surface area contributed by atoms with Gasteiger partial charge in [-0.15, -0.1) is 16.9 Å². The molecule has 0 unspecified atom stereocenters. The molecule has 0 fully saturated rings. The van der Waals surface area contributed by atoms with Crippen LogP contribution in [0, 0.1) is 0 Å². The zero-order valence-corrected chi connectivity index (χ0v) is 15.3. The molecule has 3 rings (SSSR count). The SMILES string of the molecule is COc1ccc(-c2nnc(NC(=O)c3ccccc3SC)o2)c(OC)c1. The van der Waals surface area contributed by atoms with Gasteiger partial charge < -0.3 is 13.9 Å². The summed E-state index contributed by atoms with van der Waals surface area (Å²) in [6.07, 6.45) is 1.91. The first-order valence-electron chi connectivity index (χ1n) is 7.66. The number of nitrogens with one attached hydrogen (secondary N) is 1. The molecule has 0 spiro atoms. The summed E-state index contributed by atoms with van der Waals surface area (Å²) in [7, 11) is 3.11. The van der Waals surface area contributed by atoms with Crippen molar-refractivity contribution in [3.05, 3.63) is 48.0 Å². The molecule has 0 saturated heterocycles. The summed E-state index contributed by atoms with van der Waals surface area (Å²) in [6, 6.07) is 12.5. The fourth-order valence-corrected chi connectivity index (χ4v) is 2.95. The Labute approximate surface area is 154 Å². The Morgan fingerprint density at radius 1 is 1.12 bits per heavy atom. The number of rotatable bonds is 6. The minimum absolute atomic E-state index is 0.0128. The fourth-order valence-electron chi connectivity index (χ4n) is 2.35. The van der Waals surface area contributed by atoms with Gasteiger partial charge in [-0.1, -0.05) is 17.2 Å². The highest BCUT2D eigenvalue weighted by atomic mass is 32.2. The summed E-state index contributed by atoms with van der Waals surface area (Å²) in [5.74, 6) is 1.09. The van der Waals surface area contributed by atoms with Crippen LogP contribution in [0.4, 0.5) is 6.01 Å². The van der Waals surface area contributed by atoms with Gasteiger partial charge in [-0.2, -0.15) is 0 Å². The van der Waals surface area contributed by atoms with Gasteiger partial charge in [0.15, 0.2) is 0 Å². The predicted octanol–water partition coefficient (Wildman–Crippen LogP) is 3.73. The Morgan fingerprint density at radius 3 is 2.65 bits per heavy atom. The lowest BCUT2D eigenvalue weighted by Gasteiger charge is -2.07. The van der Waals surface area contributed by atoms with E-state index in [0.29, 0.717) is 22.6 Å². The first-order chi connectivity index (χ1) is 12.7. The van der Waals surface area contributed by atoms with Crippen molar-refractivity contribution in [2.45, 2.75) is 4.90 Å². The highest BCUT2D eigenvalue weighted by molar-refractivity contribution is 7.98. The molecule has 3 aromatic rings. The monoisotopic (exact) mass is 371 g/mol. The van der Waals surface area contributed by atoms with Gasteiger partial charge in [0.1, 0.15) is 11.5 Å². The molecule has 0 atom stereocenters. The average molecular weight is 371 g/mol. The third-order valence-corrected chi connectivity index (χ3v) is 4.43. The quantitative estimate of drug-likeness (QED) is 0.661. The van der Waals surface area contributed by atoms with Crippen LogP contribution in [-0.2, 0) is 0 Å². The Hall–Kier alpha value is -3.00. The van der Waals surface area contributed by atoms with Gasteiger partial charge in [-0.05, 0) is 30.5 Å². The van der Waals surface area contributed by atoms with E-state index in [1.165, 1.54) is 18.9 Å². The normalized spacial score (nSPS) is 10.4. The van der Waals surface area contributed by atoms with E-state index in [-0.39, 0.29) is 17.8 Å². The number of hydrogen-bond donors (Lipinski definition) is 1. The van der Waals surface area contributed by atoms with Gasteiger partial charge in [0.2, 0.25) is 0 Å². The molecule has 1 heterocycles. The molecule has 134 valence electrons. The summed E-state index contributed by atoms with van der Waals surface area (Å²) in [5, 5.41) is 10.5. The van der Waals surface area contributed by atoms with Crippen molar-refractivity contribution in [1.82, 2.24) is 10.2 Å². The Morgan fingerprint density at radius 2 is 1.92 bits per heavy atom. The Balaban J connectivity index is 1.83. The lowest BCUT2D eigenvalue weighted by atomic mass is 10.2. The smallest absolute Gasteiger partial charge is 0.322 e. The van der Waals surface area contributed by atoms with E-state index >= 15 is 0 Å². The zero-order chi connectivity index (χ0) is 18.5. The van der Waals surface area contributed by atoms with Gasteiger partial charge in [-0.3, -0.25) is 10.1 Å². The topological polar surface area (TPSA) is 86.5 Å². The summed E-state index contributed by atoms with van der Waals surface area (Å²) in [5.41, 5.74) is 1.15. The predicted molar refractivity (Wildman–Crippen MR) is 99.0 cm³/mol. The molecular formula is C18H17N3O4S. The lowest BCUT2D eigenvalue weighted by molar-refractivity contribution is 0.102. The molecule has 26 heavy (non-hydrogen) atoms. The molecule has 0 aliphatic carbocycles. The van der Waals surface area contributed by atoms with Gasteiger partial charge >= 0.3 is 6.01 Å². The van der Waals surface area contributed by atoms with Crippen LogP contribution in [-0.4, -0.2) is 36.6 Å². The fraction of sp³-hybridized carbons (Fsp3) is 0.167. The number of thioether (sulfide) groups is 1. The van der Waals surface area contributed by atoms with Crippen molar-refractivity contribution in [3.63, 3.8) is 0 Å². The van der Waals surface area contributed by atoms with Crippen molar-refractivity contribution in [2.75, 3.05) is 25.8 Å². The van der Waals surface area contributed by atoms with Crippen molar-refractivity contribution in [3.8, 4) is 23.0 Å². The van der Waals surface area contributed by atoms with E-state index in [0.717, 1.165) is 4.90 Å². The number of nitrogens with zero attached hydrogens (tertiary/aromatic N) is 2. The molecule has 1 aromatic heterocycles. The molecule has 1 amide bonds. The molecule has 2 aromatic carbocycles. The van der Waals surface area contributed by atoms with E-state index in [4.69, 9.17) is 13.9 Å². The van der Waals surface area contributed by atoms with Gasteiger partial charge in [0.05, 0.1) is 25.3 Å². The van der Waals surface area contributed by atoms with E-state index < -0.39 is 0 Å². The first kappa shape index (κ1) is 17.8. The standard InChI is InChI=1S/C18H17N3O4S/c1-23-11-8-9-12(14(10-11)24-2)17-20-21-18(25-17)19-16(22)13-6-4-5-7-15(13)26-3/h4-10H,1-3H3,(H,19,21,22). The Kier molecular flexibility index (Phi) is 5.43. The number of benzene rings is 2. The number of hydrogen-bond acceptors (Lipinski definition) is 7. The van der Waals surface area contributed by atoms with Crippen LogP contribution in [0.1, 0.15) is 10.4 Å². The van der Waals surface area contributed by atoms with Crippen LogP contribution in [0.15, 0.2) is 51.8 Å². The highest BCUT2D eigenvalue weighted by Crippen LogP contribution is 2.33. The second-order valence-electron chi connectivity index (χ2n) is 5.13. The van der Waals surface area contributed by atoms with Crippen molar-refractivity contribution >= 4 is 23.7 Å². The minimum atomic E-state index is -0.313. The first-order valence-corrected chi connectivity index (χ1v) is 8.89. The maximum absolute atomic E-state index is 12.5. The van der Waals surface area contributed by atoms with Crippen LogP contribution in [0.3, 0.4) is 0 Å². The van der Waals surface area contributed by atoms with E-state index in [1.807, 2.05) is 18.4 Å². The van der Waals surface area contributed by atoms with Crippen molar-refractivity contribution < 1.29 is 18.7 Å². The number of methoxy groups -OCH3 is 2. The summed E-state index contributed by atoms with van der Waals surface area (Å²) < 4.78 is 16.1. The summed E-state index contributed by atoms with van der Waals surface area (Å²) in [6.45, 7) is 0. The van der Waals surface area contributed by atoms with Gasteiger partial charge in [0, 0.05) is 11.0 Å². The number of carbonyl (C=O) groups excluding carboxylic acids is 1. The summed E-state index contributed by atoms with van der Waals surface area (Å²) >= 11 is 1.49. The maximum Gasteiger partial charge on any atom is 0.322 e. The molecular weight excluding hydrogens is 354 g/mol. The zero-order valence-electron chi connectivity index (χ0n) is 14.5. The molecule has 0 aliphatic heterocycles. The van der Waals surface area contributed by atoms with Crippen molar-refractivity contribution in [2.24, 2.45) is 0 Å². The number of anilines is 1. The molecule has 0 saturated carbocycles. The highest BCUT2D eigenvalue weighted by Gasteiger charge is 2.17. The van der Waals surface area contributed by atoms with E-state index in [9.17, 15) is 4.79 Å². The molecule has 0 bridgehead atoms. The minimum Gasteiger partial charge on any atom is -0.497 e. The van der Waals surface area contributed by atoms with Gasteiger partial charge in [-0.25, -0.2) is 0 Å². The van der Waals surface area contributed by atoms with Crippen molar-refractivity contribution in [1.29, 1.82) is 0 Å². The number of carbonyl (C=O) groups is 1. The van der Waals surface area contributed by atoms with Crippen LogP contribution < -0.4 is 14.8 Å². The average Bonchev–Trinajstić information content (AvgIpc) is 3.15.